The van der Waals surface area contributed by atoms with Gasteiger partial charge in [-0.1, -0.05) is 24.3 Å². The van der Waals surface area contributed by atoms with Crippen LogP contribution in [0.1, 0.15) is 57.4 Å². The molecule has 1 fully saturated rings. The summed E-state index contributed by atoms with van der Waals surface area (Å²) in [5.41, 5.74) is 4.50. The van der Waals surface area contributed by atoms with Crippen LogP contribution in [-0.4, -0.2) is 79.4 Å². The van der Waals surface area contributed by atoms with Crippen LogP contribution in [0.25, 0.3) is 21.7 Å². The van der Waals surface area contributed by atoms with Crippen LogP contribution in [0.4, 0.5) is 18.7 Å². The Bertz CT molecular complexity index is 1860. The van der Waals surface area contributed by atoms with Crippen molar-refractivity contribution in [3.63, 3.8) is 0 Å². The van der Waals surface area contributed by atoms with Gasteiger partial charge in [0.05, 0.1) is 41.4 Å². The maximum atomic E-state index is 14.9. The standard InChI is InChI=1S/C37H44F2N6O6S2/c1-23-34(53-22-42-23)25-9-7-24(8-10-25)29(51-36(48)44-37(2,3)4)19-30(46)40-13-5-6-14-41-31(47)20-50-33-26(11-12-27(38)32(33)39)28-21-52-35(43-28)45-15-17-49-18-16-45/h7-12,21-22,29H,5-6,13-20H2,1-4H3,(H,40,46)(H,41,47)(H,44,48)/t29-/m0/s1. The molecule has 0 saturated carbocycles. The molecule has 0 bridgehead atoms. The van der Waals surface area contributed by atoms with E-state index in [2.05, 4.69) is 30.8 Å². The van der Waals surface area contributed by atoms with E-state index in [0.717, 1.165) is 27.3 Å². The van der Waals surface area contributed by atoms with E-state index in [1.807, 2.05) is 52.0 Å². The number of aromatic nitrogens is 2. The van der Waals surface area contributed by atoms with Crippen molar-refractivity contribution in [2.75, 3.05) is 50.9 Å². The van der Waals surface area contributed by atoms with E-state index in [4.69, 9.17) is 14.2 Å². The second-order valence-corrected chi connectivity index (χ2v) is 15.1. The number of amides is 3. The fraction of sp³-hybridized carbons (Fsp3) is 0.432. The van der Waals surface area contributed by atoms with Crippen LogP contribution in [0.15, 0.2) is 47.3 Å². The van der Waals surface area contributed by atoms with Crippen molar-refractivity contribution in [3.8, 4) is 27.4 Å². The van der Waals surface area contributed by atoms with Crippen molar-refractivity contribution in [2.24, 2.45) is 0 Å². The maximum absolute atomic E-state index is 14.9. The predicted octanol–water partition coefficient (Wildman–Crippen LogP) is 6.40. The van der Waals surface area contributed by atoms with Gasteiger partial charge in [-0.2, -0.15) is 4.39 Å². The van der Waals surface area contributed by atoms with Crippen LogP contribution in [-0.2, 0) is 19.1 Å². The summed E-state index contributed by atoms with van der Waals surface area (Å²) in [6.45, 7) is 10.0. The first-order valence-electron chi connectivity index (χ1n) is 17.3. The number of anilines is 1. The number of nitrogens with one attached hydrogen (secondary N) is 3. The summed E-state index contributed by atoms with van der Waals surface area (Å²) in [4.78, 5) is 50.1. The fourth-order valence-electron chi connectivity index (χ4n) is 5.42. The summed E-state index contributed by atoms with van der Waals surface area (Å²) in [7, 11) is 0. The van der Waals surface area contributed by atoms with Gasteiger partial charge in [-0.05, 0) is 63.8 Å². The van der Waals surface area contributed by atoms with Crippen LogP contribution in [0.2, 0.25) is 0 Å². The van der Waals surface area contributed by atoms with Gasteiger partial charge in [0.1, 0.15) is 6.10 Å². The molecule has 3 N–H and O–H groups in total. The molecule has 53 heavy (non-hydrogen) atoms. The van der Waals surface area contributed by atoms with E-state index < -0.39 is 41.9 Å². The molecule has 2 aromatic heterocycles. The van der Waals surface area contributed by atoms with Crippen molar-refractivity contribution in [2.45, 2.75) is 58.6 Å². The number of hydrogen-bond donors (Lipinski definition) is 3. The Hall–Kier alpha value is -4.67. The molecule has 5 rings (SSSR count). The SMILES string of the molecule is Cc1ncsc1-c1ccc([C@H](CC(=O)NCCCCNC(=O)COc2c(-c3csc(N4CCOCC4)n3)ccc(F)c2F)OC(=O)NC(C)(C)C)cc1. The molecule has 12 nitrogen and oxygen atoms in total. The number of nitrogens with zero attached hydrogens (tertiary/aromatic N) is 3. The van der Waals surface area contributed by atoms with Crippen molar-refractivity contribution in [1.29, 1.82) is 0 Å². The smallest absolute Gasteiger partial charge is 0.408 e. The fourth-order valence-corrected chi connectivity index (χ4v) is 7.11. The molecule has 3 heterocycles. The van der Waals surface area contributed by atoms with Gasteiger partial charge in [0.2, 0.25) is 11.7 Å². The van der Waals surface area contributed by atoms with Crippen LogP contribution in [0, 0.1) is 18.6 Å². The van der Waals surface area contributed by atoms with Gasteiger partial charge in [0.25, 0.3) is 5.91 Å². The lowest BCUT2D eigenvalue weighted by Gasteiger charge is -2.26. The van der Waals surface area contributed by atoms with E-state index in [0.29, 0.717) is 56.9 Å². The van der Waals surface area contributed by atoms with E-state index >= 15 is 0 Å². The van der Waals surface area contributed by atoms with Gasteiger partial charge >= 0.3 is 6.09 Å². The van der Waals surface area contributed by atoms with Crippen molar-refractivity contribution in [3.05, 3.63) is 70.2 Å². The van der Waals surface area contributed by atoms with E-state index in [-0.39, 0.29) is 30.2 Å². The van der Waals surface area contributed by atoms with Crippen LogP contribution in [0.3, 0.4) is 0 Å². The van der Waals surface area contributed by atoms with Gasteiger partial charge in [0, 0.05) is 42.7 Å². The monoisotopic (exact) mass is 770 g/mol. The van der Waals surface area contributed by atoms with Gasteiger partial charge in [-0.15, -0.1) is 22.7 Å². The normalized spacial score (nSPS) is 13.7. The minimum atomic E-state index is -1.20. The lowest BCUT2D eigenvalue weighted by atomic mass is 10.0. The molecular formula is C37H44F2N6O6S2. The van der Waals surface area contributed by atoms with Crippen LogP contribution in [0.5, 0.6) is 5.75 Å². The zero-order valence-electron chi connectivity index (χ0n) is 30.1. The molecule has 0 unspecified atom stereocenters. The Balaban J connectivity index is 1.07. The Morgan fingerprint density at radius 3 is 2.34 bits per heavy atom. The minimum absolute atomic E-state index is 0.0847. The summed E-state index contributed by atoms with van der Waals surface area (Å²) in [6.07, 6.45) is -0.461. The number of thiazole rings is 2. The highest BCUT2D eigenvalue weighted by molar-refractivity contribution is 7.14. The first-order chi connectivity index (χ1) is 25.4. The number of benzene rings is 2. The van der Waals surface area contributed by atoms with E-state index in [1.54, 1.807) is 10.9 Å². The Morgan fingerprint density at radius 2 is 1.68 bits per heavy atom. The second-order valence-electron chi connectivity index (χ2n) is 13.4. The maximum Gasteiger partial charge on any atom is 0.408 e. The minimum Gasteiger partial charge on any atom is -0.480 e. The number of hydrogen-bond acceptors (Lipinski definition) is 11. The summed E-state index contributed by atoms with van der Waals surface area (Å²) in [6, 6.07) is 9.91. The predicted molar refractivity (Wildman–Crippen MR) is 200 cm³/mol. The molecule has 1 aliphatic heterocycles. The molecule has 16 heteroatoms. The number of unbranched alkanes of at least 4 members (excludes halogenated alkanes) is 1. The summed E-state index contributed by atoms with van der Waals surface area (Å²) in [5.74, 6) is -3.49. The molecule has 2 aromatic carbocycles. The van der Waals surface area contributed by atoms with Crippen molar-refractivity contribution in [1.82, 2.24) is 25.9 Å². The van der Waals surface area contributed by atoms with E-state index in [9.17, 15) is 23.2 Å². The van der Waals surface area contributed by atoms with Gasteiger partial charge in [-0.3, -0.25) is 9.59 Å². The number of morpholine rings is 1. The lowest BCUT2D eigenvalue weighted by Crippen LogP contribution is -2.41. The molecular weight excluding hydrogens is 727 g/mol. The molecule has 0 aliphatic carbocycles. The average Bonchev–Trinajstić information content (AvgIpc) is 3.79. The molecule has 0 spiro atoms. The van der Waals surface area contributed by atoms with Crippen molar-refractivity contribution >= 4 is 45.7 Å². The lowest BCUT2D eigenvalue weighted by molar-refractivity contribution is -0.124. The Morgan fingerprint density at radius 1 is 0.981 bits per heavy atom. The van der Waals surface area contributed by atoms with Crippen LogP contribution >= 0.6 is 22.7 Å². The number of halogens is 2. The van der Waals surface area contributed by atoms with Crippen LogP contribution < -0.4 is 25.6 Å². The quantitative estimate of drug-likeness (QED) is 0.117. The molecule has 1 saturated heterocycles. The average molecular weight is 771 g/mol. The third kappa shape index (κ3) is 11.4. The number of alkyl carbamates (subject to hydrolysis) is 1. The largest absolute Gasteiger partial charge is 0.480 e. The molecule has 1 aliphatic rings. The number of aryl methyl sites for hydroxylation is 1. The number of ether oxygens (including phenoxy) is 3. The molecule has 0 radical (unpaired) electrons. The highest BCUT2D eigenvalue weighted by atomic mass is 32.1. The molecule has 3 amide bonds. The molecule has 1 atom stereocenters. The topological polar surface area (TPSA) is 144 Å². The second kappa shape index (κ2) is 18.4. The van der Waals surface area contributed by atoms with E-state index in [1.165, 1.54) is 28.7 Å². The molecule has 4 aromatic rings. The van der Waals surface area contributed by atoms with Gasteiger partial charge in [0.15, 0.2) is 23.3 Å². The Labute approximate surface area is 315 Å². The number of carbonyl (C=O) groups is 3. The summed E-state index contributed by atoms with van der Waals surface area (Å²) >= 11 is 2.91. The number of rotatable bonds is 15. The first kappa shape index (κ1) is 39.5. The van der Waals surface area contributed by atoms with Crippen molar-refractivity contribution < 1.29 is 37.4 Å². The zero-order valence-corrected chi connectivity index (χ0v) is 31.8. The summed E-state index contributed by atoms with van der Waals surface area (Å²) < 4.78 is 45.6. The zero-order chi connectivity index (χ0) is 38.0. The summed E-state index contributed by atoms with van der Waals surface area (Å²) in [5, 5.41) is 10.8. The molecule has 284 valence electrons. The van der Waals surface area contributed by atoms with Gasteiger partial charge < -0.3 is 35.1 Å². The Kier molecular flexibility index (Phi) is 13.7. The highest BCUT2D eigenvalue weighted by Gasteiger charge is 2.24. The number of carbonyl (C=O) groups excluding carboxylic acids is 3. The first-order valence-corrected chi connectivity index (χ1v) is 19.1. The van der Waals surface area contributed by atoms with Gasteiger partial charge in [-0.25, -0.2) is 19.2 Å². The third-order valence-corrected chi connectivity index (χ3v) is 9.96. The highest BCUT2D eigenvalue weighted by Crippen LogP contribution is 2.36. The third-order valence-electron chi connectivity index (χ3n) is 8.08.